The summed E-state index contributed by atoms with van der Waals surface area (Å²) in [4.78, 5) is 0. The molecular weight excluding hydrogens is 301 g/mol. The smallest absolute Gasteiger partial charge is 0.135 e. The Balaban J connectivity index is 2.45. The van der Waals surface area contributed by atoms with Gasteiger partial charge >= 0.3 is 0 Å². The van der Waals surface area contributed by atoms with E-state index in [-0.39, 0.29) is 5.54 Å². The summed E-state index contributed by atoms with van der Waals surface area (Å²) >= 11 is 2.29. The summed E-state index contributed by atoms with van der Waals surface area (Å²) in [6, 6.07) is 2.40. The van der Waals surface area contributed by atoms with Crippen molar-refractivity contribution < 1.29 is 0 Å². The molecule has 1 saturated carbocycles. The third-order valence-electron chi connectivity index (χ3n) is 3.68. The topological polar surface area (TPSA) is 48.5 Å². The number of hydrogen-bond donors (Lipinski definition) is 0. The highest BCUT2D eigenvalue weighted by atomic mass is 127. The first-order chi connectivity index (χ1) is 7.04. The molecule has 0 aromatic rings. The summed E-state index contributed by atoms with van der Waals surface area (Å²) in [5, 5.41) is 17.8. The lowest BCUT2D eigenvalue weighted by atomic mass is 9.60. The van der Waals surface area contributed by atoms with Crippen LogP contribution < -0.4 is 0 Å². The highest BCUT2D eigenvalue weighted by molar-refractivity contribution is 14.1. The van der Waals surface area contributed by atoms with Crippen molar-refractivity contribution in [3.05, 3.63) is 9.78 Å². The third-order valence-corrected chi connectivity index (χ3v) is 4.78. The van der Waals surface area contributed by atoms with Gasteiger partial charge in [-0.1, -0.05) is 6.42 Å². The maximum Gasteiger partial charge on any atom is 0.135 e. The molecule has 1 aliphatic carbocycles. The highest BCUT2D eigenvalue weighted by Gasteiger charge is 2.56. The van der Waals surface area contributed by atoms with Crippen molar-refractivity contribution in [3.63, 3.8) is 0 Å². The van der Waals surface area contributed by atoms with E-state index in [1.807, 2.05) is 13.8 Å². The molecule has 0 bridgehead atoms. The van der Waals surface area contributed by atoms with Crippen LogP contribution in [0.2, 0.25) is 0 Å². The standard InChI is InChI=1S/C11H14IN3/c1-10(2,7-13)11(8-4-3-5-8)9(12)6-14-15-11/h6,8H,3-5H2,1-2H3. The molecule has 2 rings (SSSR count). The average molecular weight is 315 g/mol. The lowest BCUT2D eigenvalue weighted by Crippen LogP contribution is -2.50. The molecule has 0 radical (unpaired) electrons. The Kier molecular flexibility index (Phi) is 2.61. The van der Waals surface area contributed by atoms with E-state index >= 15 is 0 Å². The van der Waals surface area contributed by atoms with Crippen molar-refractivity contribution in [2.24, 2.45) is 21.6 Å². The van der Waals surface area contributed by atoms with Gasteiger partial charge in [-0.2, -0.15) is 15.5 Å². The molecule has 1 unspecified atom stereocenters. The fraction of sp³-hybridized carbons (Fsp3) is 0.727. The second kappa shape index (κ2) is 3.55. The molecular formula is C11H14IN3. The van der Waals surface area contributed by atoms with Crippen LogP contribution in [0, 0.1) is 22.7 Å². The van der Waals surface area contributed by atoms with Crippen LogP contribution in [0.25, 0.3) is 0 Å². The largest absolute Gasteiger partial charge is 0.198 e. The summed E-state index contributed by atoms with van der Waals surface area (Å²) in [5.41, 5.74) is -0.828. The fourth-order valence-corrected chi connectivity index (χ4v) is 3.79. The zero-order valence-electron chi connectivity index (χ0n) is 9.00. The van der Waals surface area contributed by atoms with Gasteiger partial charge in [-0.25, -0.2) is 0 Å². The summed E-state index contributed by atoms with van der Waals surface area (Å²) in [5.74, 6) is 0.501. The van der Waals surface area contributed by atoms with Crippen molar-refractivity contribution in [1.29, 1.82) is 5.26 Å². The minimum atomic E-state index is -0.467. The van der Waals surface area contributed by atoms with Crippen LogP contribution in [0.3, 0.4) is 0 Å². The first kappa shape index (κ1) is 11.1. The first-order valence-electron chi connectivity index (χ1n) is 5.24. The van der Waals surface area contributed by atoms with E-state index in [0.717, 1.165) is 3.58 Å². The SMILES string of the molecule is CC(C)(C#N)C1(C2CCC2)N=NC=C1I. The Hall–Kier alpha value is -0.440. The highest BCUT2D eigenvalue weighted by Crippen LogP contribution is 2.56. The van der Waals surface area contributed by atoms with E-state index in [1.54, 1.807) is 6.20 Å². The van der Waals surface area contributed by atoms with Crippen LogP contribution in [0.5, 0.6) is 0 Å². The predicted octanol–water partition coefficient (Wildman–Crippen LogP) is 3.82. The van der Waals surface area contributed by atoms with Crippen molar-refractivity contribution in [3.8, 4) is 6.07 Å². The lowest BCUT2D eigenvalue weighted by molar-refractivity contribution is 0.123. The predicted molar refractivity (Wildman–Crippen MR) is 66.4 cm³/mol. The second-order valence-corrected chi connectivity index (χ2v) is 5.99. The number of nitrogens with zero attached hydrogens (tertiary/aromatic N) is 3. The molecule has 80 valence electrons. The van der Waals surface area contributed by atoms with Gasteiger partial charge in [0, 0.05) is 3.58 Å². The third kappa shape index (κ3) is 1.36. The summed E-state index contributed by atoms with van der Waals surface area (Å²) in [6.07, 6.45) is 5.40. The van der Waals surface area contributed by atoms with Gasteiger partial charge in [0.25, 0.3) is 0 Å². The Bertz CT molecular complexity index is 374. The van der Waals surface area contributed by atoms with Gasteiger partial charge in [0.1, 0.15) is 5.54 Å². The quantitative estimate of drug-likeness (QED) is 0.715. The molecule has 1 atom stereocenters. The normalized spacial score (nSPS) is 30.9. The van der Waals surface area contributed by atoms with E-state index in [2.05, 4.69) is 38.9 Å². The molecule has 0 spiro atoms. The van der Waals surface area contributed by atoms with Crippen molar-refractivity contribution in [2.75, 3.05) is 0 Å². The first-order valence-corrected chi connectivity index (χ1v) is 6.32. The minimum absolute atomic E-state index is 0.361. The number of hydrogen-bond acceptors (Lipinski definition) is 3. The van der Waals surface area contributed by atoms with E-state index in [9.17, 15) is 5.26 Å². The van der Waals surface area contributed by atoms with Crippen molar-refractivity contribution in [1.82, 2.24) is 0 Å². The molecule has 3 nitrogen and oxygen atoms in total. The molecule has 0 aromatic heterocycles. The Labute approximate surface area is 104 Å². The molecule has 4 heteroatoms. The van der Waals surface area contributed by atoms with Crippen LogP contribution in [-0.2, 0) is 0 Å². The summed E-state index contributed by atoms with van der Waals surface area (Å²) in [7, 11) is 0. The van der Waals surface area contributed by atoms with Gasteiger partial charge in [0.15, 0.2) is 0 Å². The van der Waals surface area contributed by atoms with Gasteiger partial charge in [0.2, 0.25) is 0 Å². The van der Waals surface area contributed by atoms with Gasteiger partial charge in [-0.05, 0) is 55.2 Å². The molecule has 2 aliphatic rings. The number of azo groups is 1. The van der Waals surface area contributed by atoms with Gasteiger partial charge in [-0.3, -0.25) is 0 Å². The average Bonchev–Trinajstić information content (AvgIpc) is 2.47. The molecule has 0 aromatic carbocycles. The van der Waals surface area contributed by atoms with Crippen LogP contribution >= 0.6 is 22.6 Å². The van der Waals surface area contributed by atoms with Crippen LogP contribution in [0.15, 0.2) is 20.0 Å². The fourth-order valence-electron chi connectivity index (χ4n) is 2.44. The lowest BCUT2D eigenvalue weighted by Gasteiger charge is -2.46. The van der Waals surface area contributed by atoms with Crippen LogP contribution in [0.4, 0.5) is 0 Å². The van der Waals surface area contributed by atoms with Crippen molar-refractivity contribution >= 4 is 22.6 Å². The zero-order chi connectivity index (χ0) is 11.1. The van der Waals surface area contributed by atoms with Gasteiger partial charge in [0.05, 0.1) is 17.7 Å². The van der Waals surface area contributed by atoms with E-state index in [1.165, 1.54) is 19.3 Å². The van der Waals surface area contributed by atoms with Gasteiger partial charge in [-0.15, -0.1) is 0 Å². The molecule has 0 N–H and O–H groups in total. The molecule has 1 fully saturated rings. The Morgan fingerprint density at radius 3 is 2.60 bits per heavy atom. The molecule has 1 aliphatic heterocycles. The van der Waals surface area contributed by atoms with Crippen LogP contribution in [0.1, 0.15) is 33.1 Å². The summed E-state index contributed by atoms with van der Waals surface area (Å²) < 4.78 is 1.12. The number of nitriles is 1. The zero-order valence-corrected chi connectivity index (χ0v) is 11.2. The Morgan fingerprint density at radius 1 is 1.60 bits per heavy atom. The molecule has 0 saturated heterocycles. The Morgan fingerprint density at radius 2 is 2.27 bits per heavy atom. The van der Waals surface area contributed by atoms with Crippen molar-refractivity contribution in [2.45, 2.75) is 38.6 Å². The van der Waals surface area contributed by atoms with E-state index < -0.39 is 5.41 Å². The van der Waals surface area contributed by atoms with Crippen LogP contribution in [-0.4, -0.2) is 5.54 Å². The molecule has 1 heterocycles. The minimum Gasteiger partial charge on any atom is -0.198 e. The molecule has 0 amide bonds. The van der Waals surface area contributed by atoms with E-state index in [0.29, 0.717) is 5.92 Å². The monoisotopic (exact) mass is 315 g/mol. The number of rotatable bonds is 2. The maximum absolute atomic E-state index is 9.32. The molecule has 15 heavy (non-hydrogen) atoms. The van der Waals surface area contributed by atoms with Gasteiger partial charge < -0.3 is 0 Å². The number of halogens is 1. The summed E-state index contributed by atoms with van der Waals surface area (Å²) in [6.45, 7) is 3.95. The second-order valence-electron chi connectivity index (χ2n) is 4.82. The van der Waals surface area contributed by atoms with E-state index in [4.69, 9.17) is 0 Å². The maximum atomic E-state index is 9.32.